The van der Waals surface area contributed by atoms with Crippen LogP contribution in [0.2, 0.25) is 5.15 Å². The lowest BCUT2D eigenvalue weighted by Crippen LogP contribution is -2.23. The molecule has 0 aliphatic carbocycles. The van der Waals surface area contributed by atoms with Gasteiger partial charge in [0.15, 0.2) is 16.9 Å². The van der Waals surface area contributed by atoms with Gasteiger partial charge < -0.3 is 10.5 Å². The molecular weight excluding hydrogens is 384 g/mol. The molecule has 0 atom stereocenters. The summed E-state index contributed by atoms with van der Waals surface area (Å²) in [5.74, 6) is 0.531. The number of rotatable bonds is 6. The molecule has 1 aromatic carbocycles. The molecule has 10 nitrogen and oxygen atoms in total. The van der Waals surface area contributed by atoms with Gasteiger partial charge >= 0.3 is 5.69 Å². The fraction of sp³-hybridized carbons (Fsp3) is 0.176. The summed E-state index contributed by atoms with van der Waals surface area (Å²) in [4.78, 5) is 16.2. The number of aryl methyl sites for hydroxylation is 2. The summed E-state index contributed by atoms with van der Waals surface area (Å²) in [5, 5.41) is 15.4. The lowest BCUT2D eigenvalue weighted by atomic mass is 10.1. The predicted octanol–water partition coefficient (Wildman–Crippen LogP) is 1.44. The molecule has 3 rings (SSSR count). The van der Waals surface area contributed by atoms with Crippen LogP contribution in [0.15, 0.2) is 52.1 Å². The zero-order valence-corrected chi connectivity index (χ0v) is 15.9. The molecule has 0 saturated carbocycles. The van der Waals surface area contributed by atoms with Crippen LogP contribution in [0, 0.1) is 6.92 Å². The SMILES string of the molecule is Cc1cccc(-n2nnn(C)c2=O)c1COC(N)=CC=Nc1ccc(Cl)nn1. The van der Waals surface area contributed by atoms with Gasteiger partial charge in [-0.05, 0) is 41.1 Å². The van der Waals surface area contributed by atoms with Gasteiger partial charge in [0, 0.05) is 24.9 Å². The molecule has 0 amide bonds. The van der Waals surface area contributed by atoms with Crippen molar-refractivity contribution in [1.82, 2.24) is 30.0 Å². The number of hydrogen-bond donors (Lipinski definition) is 1. The quantitative estimate of drug-likeness (QED) is 0.490. The van der Waals surface area contributed by atoms with E-state index in [0.29, 0.717) is 11.5 Å². The minimum atomic E-state index is -0.355. The first kappa shape index (κ1) is 19.2. The Morgan fingerprint density at radius 1 is 1.29 bits per heavy atom. The van der Waals surface area contributed by atoms with Gasteiger partial charge in [0.2, 0.25) is 0 Å². The molecule has 0 aliphatic rings. The number of ether oxygens (including phenoxy) is 1. The molecule has 0 aliphatic heterocycles. The van der Waals surface area contributed by atoms with Crippen molar-refractivity contribution in [2.45, 2.75) is 13.5 Å². The summed E-state index contributed by atoms with van der Waals surface area (Å²) in [6, 6.07) is 8.70. The Kier molecular flexibility index (Phi) is 5.80. The van der Waals surface area contributed by atoms with Gasteiger partial charge in [-0.25, -0.2) is 9.79 Å². The number of aliphatic imine (C=N–C) groups is 1. The highest BCUT2D eigenvalue weighted by Crippen LogP contribution is 2.18. The summed E-state index contributed by atoms with van der Waals surface area (Å²) in [6.07, 6.45) is 2.93. The molecule has 0 spiro atoms. The van der Waals surface area contributed by atoms with Crippen molar-refractivity contribution in [3.63, 3.8) is 0 Å². The van der Waals surface area contributed by atoms with Gasteiger partial charge in [0.1, 0.15) is 6.61 Å². The van der Waals surface area contributed by atoms with E-state index >= 15 is 0 Å². The first-order valence-corrected chi connectivity index (χ1v) is 8.53. The predicted molar refractivity (Wildman–Crippen MR) is 104 cm³/mol. The van der Waals surface area contributed by atoms with Crippen molar-refractivity contribution >= 4 is 23.6 Å². The van der Waals surface area contributed by atoms with Crippen LogP contribution >= 0.6 is 11.6 Å². The average molecular weight is 401 g/mol. The molecule has 0 saturated heterocycles. The van der Waals surface area contributed by atoms with Gasteiger partial charge in [0.05, 0.1) is 5.69 Å². The van der Waals surface area contributed by atoms with Crippen LogP contribution in [0.4, 0.5) is 5.82 Å². The van der Waals surface area contributed by atoms with E-state index in [1.807, 2.05) is 19.1 Å². The van der Waals surface area contributed by atoms with Crippen molar-refractivity contribution in [2.75, 3.05) is 0 Å². The van der Waals surface area contributed by atoms with Crippen LogP contribution in [0.25, 0.3) is 5.69 Å². The number of halogens is 1. The summed E-state index contributed by atoms with van der Waals surface area (Å²) in [5.41, 5.74) is 7.79. The minimum Gasteiger partial charge on any atom is -0.474 e. The number of allylic oxidation sites excluding steroid dienone is 1. The number of tetrazole rings is 1. The number of nitrogens with two attached hydrogens (primary N) is 1. The third-order valence-electron chi connectivity index (χ3n) is 3.78. The maximum absolute atomic E-state index is 12.2. The van der Waals surface area contributed by atoms with Crippen LogP contribution in [-0.2, 0) is 18.4 Å². The number of benzene rings is 1. The molecule has 28 heavy (non-hydrogen) atoms. The number of nitrogens with zero attached hydrogens (tertiary/aromatic N) is 7. The van der Waals surface area contributed by atoms with Crippen molar-refractivity contribution in [2.24, 2.45) is 17.8 Å². The Labute approximate surface area is 164 Å². The maximum atomic E-state index is 12.2. The van der Waals surface area contributed by atoms with Crippen molar-refractivity contribution in [1.29, 1.82) is 0 Å². The molecule has 0 fully saturated rings. The fourth-order valence-electron chi connectivity index (χ4n) is 2.31. The summed E-state index contributed by atoms with van der Waals surface area (Å²) in [7, 11) is 1.53. The van der Waals surface area contributed by atoms with Crippen LogP contribution in [0.1, 0.15) is 11.1 Å². The van der Waals surface area contributed by atoms with Crippen LogP contribution in [0.5, 0.6) is 0 Å². The molecule has 3 aromatic rings. The fourth-order valence-corrected chi connectivity index (χ4v) is 2.41. The normalized spacial score (nSPS) is 11.9. The Balaban J connectivity index is 1.74. The van der Waals surface area contributed by atoms with Gasteiger partial charge in [-0.2, -0.15) is 9.36 Å². The van der Waals surface area contributed by atoms with E-state index in [2.05, 4.69) is 25.6 Å². The zero-order valence-electron chi connectivity index (χ0n) is 15.2. The molecular formula is C17H17ClN8O2. The van der Waals surface area contributed by atoms with E-state index in [0.717, 1.165) is 15.8 Å². The molecule has 0 bridgehead atoms. The van der Waals surface area contributed by atoms with Gasteiger partial charge in [-0.15, -0.1) is 10.2 Å². The lowest BCUT2D eigenvalue weighted by Gasteiger charge is -2.12. The number of hydrogen-bond acceptors (Lipinski definition) is 8. The van der Waals surface area contributed by atoms with E-state index in [9.17, 15) is 4.79 Å². The molecule has 144 valence electrons. The van der Waals surface area contributed by atoms with Crippen molar-refractivity contribution in [3.05, 3.63) is 69.1 Å². The molecule has 2 aromatic heterocycles. The molecule has 0 unspecified atom stereocenters. The standard InChI is InChI=1S/C17H17ClN8O2/c1-11-4-3-5-13(26-17(27)25(2)23-24-26)12(11)10-28-15(19)8-9-20-16-7-6-14(18)21-22-16/h3-9H,10,19H2,1-2H3. The van der Waals surface area contributed by atoms with Crippen LogP contribution < -0.4 is 11.4 Å². The summed E-state index contributed by atoms with van der Waals surface area (Å²) in [6.45, 7) is 2.05. The lowest BCUT2D eigenvalue weighted by molar-refractivity contribution is 0.196. The largest absolute Gasteiger partial charge is 0.474 e. The summed E-state index contributed by atoms with van der Waals surface area (Å²) >= 11 is 5.67. The van der Waals surface area contributed by atoms with E-state index in [-0.39, 0.29) is 23.3 Å². The Bertz CT molecular complexity index is 1090. The highest BCUT2D eigenvalue weighted by atomic mass is 35.5. The Morgan fingerprint density at radius 2 is 2.11 bits per heavy atom. The second-order valence-corrected chi connectivity index (χ2v) is 6.11. The topological polar surface area (TPSA) is 126 Å². The minimum absolute atomic E-state index is 0.141. The molecule has 2 N–H and O–H groups in total. The second kappa shape index (κ2) is 8.44. The van der Waals surface area contributed by atoms with E-state index in [4.69, 9.17) is 22.1 Å². The van der Waals surface area contributed by atoms with Gasteiger partial charge in [-0.1, -0.05) is 23.7 Å². The van der Waals surface area contributed by atoms with E-state index < -0.39 is 0 Å². The van der Waals surface area contributed by atoms with Gasteiger partial charge in [-0.3, -0.25) is 0 Å². The average Bonchev–Trinajstić information content (AvgIpc) is 3.01. The highest BCUT2D eigenvalue weighted by molar-refractivity contribution is 6.29. The van der Waals surface area contributed by atoms with Gasteiger partial charge in [0.25, 0.3) is 0 Å². The third kappa shape index (κ3) is 4.41. The number of aromatic nitrogens is 6. The molecule has 2 heterocycles. The second-order valence-electron chi connectivity index (χ2n) is 5.72. The zero-order chi connectivity index (χ0) is 20.1. The monoisotopic (exact) mass is 400 g/mol. The first-order valence-electron chi connectivity index (χ1n) is 8.15. The Hall–Kier alpha value is -3.53. The molecule has 11 heteroatoms. The van der Waals surface area contributed by atoms with Crippen molar-refractivity contribution < 1.29 is 4.74 Å². The summed E-state index contributed by atoms with van der Waals surface area (Å²) < 4.78 is 7.96. The maximum Gasteiger partial charge on any atom is 0.368 e. The van der Waals surface area contributed by atoms with Crippen LogP contribution in [0.3, 0.4) is 0 Å². The Morgan fingerprint density at radius 3 is 2.79 bits per heavy atom. The first-order chi connectivity index (χ1) is 13.5. The highest BCUT2D eigenvalue weighted by Gasteiger charge is 2.13. The van der Waals surface area contributed by atoms with Crippen molar-refractivity contribution in [3.8, 4) is 5.69 Å². The van der Waals surface area contributed by atoms with E-state index in [1.54, 1.807) is 18.2 Å². The third-order valence-corrected chi connectivity index (χ3v) is 3.98. The van der Waals surface area contributed by atoms with E-state index in [1.165, 1.54) is 24.0 Å². The molecule has 0 radical (unpaired) electrons. The smallest absolute Gasteiger partial charge is 0.368 e. The van der Waals surface area contributed by atoms with Crippen LogP contribution in [-0.4, -0.2) is 36.2 Å².